The largest absolute Gasteiger partial charge is 0.383 e. The minimum atomic E-state index is -0.342. The van der Waals surface area contributed by atoms with Gasteiger partial charge in [-0.3, -0.25) is 15.1 Å². The molecule has 6 heteroatoms. The van der Waals surface area contributed by atoms with Crippen molar-refractivity contribution in [1.29, 1.82) is 0 Å². The van der Waals surface area contributed by atoms with E-state index < -0.39 is 0 Å². The Morgan fingerprint density at radius 1 is 1.45 bits per heavy atom. The number of aromatic nitrogens is 1. The summed E-state index contributed by atoms with van der Waals surface area (Å²) in [5, 5.41) is 14.4. The highest BCUT2D eigenvalue weighted by atomic mass is 16.6. The van der Waals surface area contributed by atoms with Gasteiger partial charge in [0.05, 0.1) is 17.2 Å². The molecule has 0 aliphatic rings. The predicted molar refractivity (Wildman–Crippen MR) is 77.7 cm³/mol. The topological polar surface area (TPSA) is 77.3 Å². The van der Waals surface area contributed by atoms with Crippen LogP contribution in [-0.2, 0) is 11.3 Å². The third-order valence-corrected chi connectivity index (χ3v) is 3.44. The van der Waals surface area contributed by atoms with Gasteiger partial charge in [-0.1, -0.05) is 13.8 Å². The van der Waals surface area contributed by atoms with Crippen molar-refractivity contribution in [2.24, 2.45) is 5.92 Å². The number of hydrogen-bond donors (Lipinski definition) is 1. The molecule has 0 aromatic carbocycles. The Morgan fingerprint density at radius 3 is 2.60 bits per heavy atom. The molecule has 0 radical (unpaired) electrons. The van der Waals surface area contributed by atoms with Gasteiger partial charge in [-0.2, -0.15) is 0 Å². The van der Waals surface area contributed by atoms with E-state index in [9.17, 15) is 10.1 Å². The fraction of sp³-hybridized carbons (Fsp3) is 0.643. The number of pyridine rings is 1. The zero-order valence-corrected chi connectivity index (χ0v) is 12.8. The van der Waals surface area contributed by atoms with Crippen molar-refractivity contribution in [2.75, 3.05) is 13.7 Å². The van der Waals surface area contributed by atoms with E-state index in [1.165, 1.54) is 0 Å². The summed E-state index contributed by atoms with van der Waals surface area (Å²) in [7, 11) is 1.66. The molecule has 0 spiro atoms. The zero-order chi connectivity index (χ0) is 15.3. The lowest BCUT2D eigenvalue weighted by Crippen LogP contribution is -2.37. The number of aryl methyl sites for hydroxylation is 1. The monoisotopic (exact) mass is 281 g/mol. The van der Waals surface area contributed by atoms with Gasteiger partial charge in [0.1, 0.15) is 0 Å². The number of hydrogen-bond acceptors (Lipinski definition) is 5. The predicted octanol–water partition coefficient (Wildman–Crippen LogP) is 2.37. The van der Waals surface area contributed by atoms with Crippen LogP contribution < -0.4 is 5.32 Å². The molecular formula is C14H23N3O3. The standard InChI is InChI=1S/C14H23N3O3/c1-9(2)13(8-20-5)16-7-12-11(4)14(17(18)19)10(3)6-15-12/h6,9,13,16H,7-8H2,1-5H3. The first kappa shape index (κ1) is 16.5. The van der Waals surface area contributed by atoms with Crippen molar-refractivity contribution in [3.8, 4) is 0 Å². The van der Waals surface area contributed by atoms with Gasteiger partial charge in [0.15, 0.2) is 0 Å². The van der Waals surface area contributed by atoms with Gasteiger partial charge >= 0.3 is 0 Å². The second kappa shape index (κ2) is 7.31. The second-order valence-electron chi connectivity index (χ2n) is 5.31. The average molecular weight is 281 g/mol. The van der Waals surface area contributed by atoms with Crippen molar-refractivity contribution >= 4 is 5.69 Å². The van der Waals surface area contributed by atoms with Crippen LogP contribution in [0.15, 0.2) is 6.20 Å². The molecule has 1 unspecified atom stereocenters. The highest BCUT2D eigenvalue weighted by molar-refractivity contribution is 5.47. The summed E-state index contributed by atoms with van der Waals surface area (Å²) >= 11 is 0. The molecule has 1 aromatic heterocycles. The maximum atomic E-state index is 11.1. The molecule has 0 fully saturated rings. The van der Waals surface area contributed by atoms with E-state index in [0.29, 0.717) is 35.9 Å². The molecule has 112 valence electrons. The summed E-state index contributed by atoms with van der Waals surface area (Å²) in [4.78, 5) is 15.0. The minimum absolute atomic E-state index is 0.157. The van der Waals surface area contributed by atoms with Gasteiger partial charge in [-0.25, -0.2) is 0 Å². The second-order valence-corrected chi connectivity index (χ2v) is 5.31. The molecule has 0 saturated carbocycles. The SMILES string of the molecule is COCC(NCc1ncc(C)c([N+](=O)[O-])c1C)C(C)C. The van der Waals surface area contributed by atoms with Crippen molar-refractivity contribution in [2.45, 2.75) is 40.3 Å². The molecular weight excluding hydrogens is 258 g/mol. The number of rotatable bonds is 7. The van der Waals surface area contributed by atoms with Gasteiger partial charge in [-0.15, -0.1) is 0 Å². The van der Waals surface area contributed by atoms with E-state index in [0.717, 1.165) is 0 Å². The van der Waals surface area contributed by atoms with Gasteiger partial charge in [-0.05, 0) is 19.8 Å². The van der Waals surface area contributed by atoms with Crippen LogP contribution in [0.4, 0.5) is 5.69 Å². The summed E-state index contributed by atoms with van der Waals surface area (Å²) < 4.78 is 5.17. The summed E-state index contributed by atoms with van der Waals surface area (Å²) in [5.41, 5.74) is 2.09. The molecule has 0 amide bonds. The van der Waals surface area contributed by atoms with Crippen molar-refractivity contribution in [1.82, 2.24) is 10.3 Å². The number of nitrogens with zero attached hydrogens (tertiary/aromatic N) is 2. The van der Waals surface area contributed by atoms with Crippen LogP contribution in [0.1, 0.15) is 30.7 Å². The first-order valence-electron chi connectivity index (χ1n) is 6.70. The number of ether oxygens (including phenoxy) is 1. The van der Waals surface area contributed by atoms with Crippen LogP contribution in [0.25, 0.3) is 0 Å². The Morgan fingerprint density at radius 2 is 2.10 bits per heavy atom. The van der Waals surface area contributed by atoms with Gasteiger partial charge in [0.2, 0.25) is 0 Å². The lowest BCUT2D eigenvalue weighted by Gasteiger charge is -2.21. The first-order chi connectivity index (χ1) is 9.38. The molecule has 0 aliphatic carbocycles. The Hall–Kier alpha value is -1.53. The fourth-order valence-corrected chi connectivity index (χ4v) is 2.12. The third kappa shape index (κ3) is 3.98. The lowest BCUT2D eigenvalue weighted by molar-refractivity contribution is -0.386. The van der Waals surface area contributed by atoms with E-state index in [-0.39, 0.29) is 16.7 Å². The number of methoxy groups -OCH3 is 1. The van der Waals surface area contributed by atoms with Crippen LogP contribution in [0.5, 0.6) is 0 Å². The molecule has 1 rings (SSSR count). The normalized spacial score (nSPS) is 12.7. The Balaban J connectivity index is 2.88. The molecule has 1 heterocycles. The number of nitrogens with one attached hydrogen (secondary N) is 1. The van der Waals surface area contributed by atoms with Gasteiger partial charge in [0.25, 0.3) is 5.69 Å². The Labute approximate surface area is 119 Å². The summed E-state index contributed by atoms with van der Waals surface area (Å²) in [6.07, 6.45) is 1.56. The smallest absolute Gasteiger partial charge is 0.278 e. The summed E-state index contributed by atoms with van der Waals surface area (Å²) in [5.74, 6) is 0.413. The summed E-state index contributed by atoms with van der Waals surface area (Å²) in [6, 6.07) is 0.196. The van der Waals surface area contributed by atoms with Crippen LogP contribution in [0.2, 0.25) is 0 Å². The lowest BCUT2D eigenvalue weighted by atomic mass is 10.0. The maximum Gasteiger partial charge on any atom is 0.278 e. The molecule has 6 nitrogen and oxygen atoms in total. The van der Waals surface area contributed by atoms with Crippen molar-refractivity contribution in [3.05, 3.63) is 33.1 Å². The molecule has 1 N–H and O–H groups in total. The van der Waals surface area contributed by atoms with Crippen LogP contribution in [0.3, 0.4) is 0 Å². The van der Waals surface area contributed by atoms with Crippen molar-refractivity contribution in [3.63, 3.8) is 0 Å². The molecule has 0 bridgehead atoms. The van der Waals surface area contributed by atoms with E-state index in [2.05, 4.69) is 24.1 Å². The Bertz CT molecular complexity index is 475. The van der Waals surface area contributed by atoms with Gasteiger partial charge in [0, 0.05) is 37.0 Å². The van der Waals surface area contributed by atoms with E-state index >= 15 is 0 Å². The quantitative estimate of drug-likeness (QED) is 0.613. The zero-order valence-electron chi connectivity index (χ0n) is 12.8. The fourth-order valence-electron chi connectivity index (χ4n) is 2.12. The highest BCUT2D eigenvalue weighted by Crippen LogP contribution is 2.24. The molecule has 20 heavy (non-hydrogen) atoms. The van der Waals surface area contributed by atoms with E-state index in [4.69, 9.17) is 4.74 Å². The minimum Gasteiger partial charge on any atom is -0.383 e. The van der Waals surface area contributed by atoms with Gasteiger partial charge < -0.3 is 10.1 Å². The van der Waals surface area contributed by atoms with Crippen LogP contribution >= 0.6 is 0 Å². The van der Waals surface area contributed by atoms with E-state index in [1.54, 1.807) is 27.2 Å². The maximum absolute atomic E-state index is 11.1. The van der Waals surface area contributed by atoms with E-state index in [1.807, 2.05) is 0 Å². The summed E-state index contributed by atoms with van der Waals surface area (Å²) in [6.45, 7) is 8.76. The van der Waals surface area contributed by atoms with Crippen LogP contribution in [-0.4, -0.2) is 29.7 Å². The first-order valence-corrected chi connectivity index (χ1v) is 6.70. The van der Waals surface area contributed by atoms with Crippen LogP contribution in [0, 0.1) is 29.9 Å². The molecule has 1 atom stereocenters. The third-order valence-electron chi connectivity index (χ3n) is 3.44. The number of nitro groups is 1. The Kier molecular flexibility index (Phi) is 6.04. The molecule has 0 saturated heterocycles. The average Bonchev–Trinajstić information content (AvgIpc) is 2.35. The molecule has 1 aromatic rings. The van der Waals surface area contributed by atoms with Crippen molar-refractivity contribution < 1.29 is 9.66 Å². The highest BCUT2D eigenvalue weighted by Gasteiger charge is 2.20. The molecule has 0 aliphatic heterocycles.